The first-order valence-corrected chi connectivity index (χ1v) is 25.5. The zero-order valence-corrected chi connectivity index (χ0v) is 38.6. The van der Waals surface area contributed by atoms with Crippen molar-refractivity contribution in [1.29, 1.82) is 0 Å². The van der Waals surface area contributed by atoms with Gasteiger partial charge in [-0.3, -0.25) is 14.4 Å². The van der Waals surface area contributed by atoms with Crippen LogP contribution in [0.3, 0.4) is 0 Å². The first kappa shape index (κ1) is 55.4. The van der Waals surface area contributed by atoms with Gasteiger partial charge in [0.1, 0.15) is 13.2 Å². The van der Waals surface area contributed by atoms with Gasteiger partial charge in [0, 0.05) is 19.3 Å². The Labute approximate surface area is 355 Å². The van der Waals surface area contributed by atoms with Crippen LogP contribution in [0.15, 0.2) is 0 Å². The highest BCUT2D eigenvalue weighted by Crippen LogP contribution is 2.17. The van der Waals surface area contributed by atoms with Gasteiger partial charge in [-0.2, -0.15) is 0 Å². The first-order valence-electron chi connectivity index (χ1n) is 25.5. The zero-order chi connectivity index (χ0) is 41.5. The van der Waals surface area contributed by atoms with Crippen molar-refractivity contribution in [2.75, 3.05) is 13.2 Å². The summed E-state index contributed by atoms with van der Waals surface area (Å²) in [4.78, 5) is 37.7. The maximum absolute atomic E-state index is 12.7. The van der Waals surface area contributed by atoms with Crippen molar-refractivity contribution in [1.82, 2.24) is 0 Å². The fraction of sp³-hybridized carbons (Fsp3) is 0.941. The van der Waals surface area contributed by atoms with Gasteiger partial charge < -0.3 is 14.2 Å². The van der Waals surface area contributed by atoms with E-state index in [1.165, 1.54) is 193 Å². The normalized spacial score (nSPS) is 11.8. The van der Waals surface area contributed by atoms with E-state index in [1.54, 1.807) is 0 Å². The van der Waals surface area contributed by atoms with Gasteiger partial charge in [0.2, 0.25) is 0 Å². The number of rotatable bonds is 47. The molecule has 0 amide bonds. The number of unbranched alkanes of at least 4 members (excludes halogenated alkanes) is 36. The predicted octanol–water partition coefficient (Wildman–Crippen LogP) is 16.4. The minimum atomic E-state index is -0.758. The fourth-order valence-corrected chi connectivity index (χ4v) is 7.74. The van der Waals surface area contributed by atoms with Crippen LogP contribution >= 0.6 is 0 Å². The number of esters is 3. The van der Waals surface area contributed by atoms with Gasteiger partial charge >= 0.3 is 17.9 Å². The average molecular weight is 807 g/mol. The molecule has 0 saturated carbocycles. The molecular formula is C51H98O6. The van der Waals surface area contributed by atoms with Gasteiger partial charge in [0.05, 0.1) is 0 Å². The lowest BCUT2D eigenvalue weighted by molar-refractivity contribution is -0.167. The third-order valence-corrected chi connectivity index (χ3v) is 11.6. The van der Waals surface area contributed by atoms with Crippen LogP contribution < -0.4 is 0 Å². The molecule has 0 aromatic carbocycles. The van der Waals surface area contributed by atoms with Crippen LogP contribution in [0.25, 0.3) is 0 Å². The number of carbonyl (C=O) groups excluding carboxylic acids is 3. The Morgan fingerprint density at radius 2 is 0.474 bits per heavy atom. The Hall–Kier alpha value is -1.59. The van der Waals surface area contributed by atoms with Crippen LogP contribution in [0.5, 0.6) is 0 Å². The fourth-order valence-electron chi connectivity index (χ4n) is 7.74. The van der Waals surface area contributed by atoms with Crippen molar-refractivity contribution >= 4 is 17.9 Å². The molecule has 0 spiro atoms. The Morgan fingerprint density at radius 1 is 0.281 bits per heavy atom. The third kappa shape index (κ3) is 45.3. The van der Waals surface area contributed by atoms with Crippen molar-refractivity contribution in [2.24, 2.45) is 0 Å². The molecule has 0 bridgehead atoms. The standard InChI is InChI=1S/C51H98O6/c1-4-7-10-13-16-18-20-22-24-25-26-27-29-31-33-36-39-42-45-51(54)57-48(46-55-49(52)43-40-37-34-15-12-9-6-3)47-56-50(53)44-41-38-35-32-30-28-23-21-19-17-14-11-8-5-2/h48H,4-47H2,1-3H3/t48-/m1/s1. The Balaban J connectivity index is 4.19. The second-order valence-electron chi connectivity index (χ2n) is 17.5. The maximum Gasteiger partial charge on any atom is 0.306 e. The molecule has 6 heteroatoms. The predicted molar refractivity (Wildman–Crippen MR) is 243 cm³/mol. The second kappa shape index (κ2) is 47.1. The van der Waals surface area contributed by atoms with E-state index in [9.17, 15) is 14.4 Å². The van der Waals surface area contributed by atoms with Crippen LogP contribution in [0.1, 0.15) is 290 Å². The van der Waals surface area contributed by atoms with Crippen molar-refractivity contribution in [2.45, 2.75) is 297 Å². The highest BCUT2D eigenvalue weighted by Gasteiger charge is 2.19. The summed E-state index contributed by atoms with van der Waals surface area (Å²) in [6.07, 6.45) is 49.6. The molecule has 0 unspecified atom stereocenters. The lowest BCUT2D eigenvalue weighted by atomic mass is 10.0. The highest BCUT2D eigenvalue weighted by molar-refractivity contribution is 5.71. The Morgan fingerprint density at radius 3 is 0.702 bits per heavy atom. The van der Waals surface area contributed by atoms with Gasteiger partial charge in [0.15, 0.2) is 6.10 Å². The van der Waals surface area contributed by atoms with Crippen LogP contribution in [0.4, 0.5) is 0 Å². The quantitative estimate of drug-likeness (QED) is 0.0346. The molecule has 57 heavy (non-hydrogen) atoms. The smallest absolute Gasteiger partial charge is 0.306 e. The van der Waals surface area contributed by atoms with E-state index in [-0.39, 0.29) is 31.1 Å². The van der Waals surface area contributed by atoms with E-state index in [2.05, 4.69) is 20.8 Å². The van der Waals surface area contributed by atoms with Gasteiger partial charge in [0.25, 0.3) is 0 Å². The molecule has 0 aliphatic carbocycles. The van der Waals surface area contributed by atoms with Crippen LogP contribution in [-0.2, 0) is 28.6 Å². The molecule has 6 nitrogen and oxygen atoms in total. The molecule has 0 fully saturated rings. The molecule has 0 saturated heterocycles. The van der Waals surface area contributed by atoms with Crippen molar-refractivity contribution in [3.63, 3.8) is 0 Å². The van der Waals surface area contributed by atoms with Gasteiger partial charge in [-0.05, 0) is 19.3 Å². The maximum atomic E-state index is 12.7. The number of hydrogen-bond acceptors (Lipinski definition) is 6. The molecule has 0 aliphatic heterocycles. The summed E-state index contributed by atoms with van der Waals surface area (Å²) in [6, 6.07) is 0. The summed E-state index contributed by atoms with van der Waals surface area (Å²) in [5, 5.41) is 0. The summed E-state index contributed by atoms with van der Waals surface area (Å²) in [6.45, 7) is 6.64. The summed E-state index contributed by atoms with van der Waals surface area (Å²) >= 11 is 0. The summed E-state index contributed by atoms with van der Waals surface area (Å²) in [5.74, 6) is -0.850. The Bertz CT molecular complexity index is 844. The molecule has 338 valence electrons. The summed E-state index contributed by atoms with van der Waals surface area (Å²) in [7, 11) is 0. The molecule has 0 aliphatic rings. The average Bonchev–Trinajstić information content (AvgIpc) is 3.21. The zero-order valence-electron chi connectivity index (χ0n) is 38.6. The van der Waals surface area contributed by atoms with Crippen molar-refractivity contribution in [3.05, 3.63) is 0 Å². The number of carbonyl (C=O) groups is 3. The molecule has 0 rings (SSSR count). The monoisotopic (exact) mass is 807 g/mol. The van der Waals surface area contributed by atoms with Crippen LogP contribution in [0.2, 0.25) is 0 Å². The molecule has 0 N–H and O–H groups in total. The van der Waals surface area contributed by atoms with Gasteiger partial charge in [-0.1, -0.05) is 252 Å². The summed E-state index contributed by atoms with van der Waals surface area (Å²) in [5.41, 5.74) is 0. The Kier molecular flexibility index (Phi) is 45.8. The van der Waals surface area contributed by atoms with E-state index in [0.29, 0.717) is 19.3 Å². The highest BCUT2D eigenvalue weighted by atomic mass is 16.6. The van der Waals surface area contributed by atoms with Crippen LogP contribution in [-0.4, -0.2) is 37.2 Å². The lowest BCUT2D eigenvalue weighted by Crippen LogP contribution is -2.30. The van der Waals surface area contributed by atoms with E-state index >= 15 is 0 Å². The molecule has 0 aromatic rings. The topological polar surface area (TPSA) is 78.9 Å². The van der Waals surface area contributed by atoms with E-state index < -0.39 is 6.10 Å². The second-order valence-corrected chi connectivity index (χ2v) is 17.5. The molecule has 0 aromatic heterocycles. The SMILES string of the molecule is CCCCCCCCCCCCCCCCCCCCC(=O)O[C@H](COC(=O)CCCCCCCCC)COC(=O)CCCCCCCCCCCCCCCC. The van der Waals surface area contributed by atoms with E-state index in [1.807, 2.05) is 0 Å². The van der Waals surface area contributed by atoms with Crippen molar-refractivity contribution < 1.29 is 28.6 Å². The van der Waals surface area contributed by atoms with E-state index in [4.69, 9.17) is 14.2 Å². The van der Waals surface area contributed by atoms with Crippen LogP contribution in [0, 0.1) is 0 Å². The molecular weight excluding hydrogens is 709 g/mol. The number of hydrogen-bond donors (Lipinski definition) is 0. The third-order valence-electron chi connectivity index (χ3n) is 11.6. The van der Waals surface area contributed by atoms with E-state index in [0.717, 1.165) is 57.8 Å². The number of ether oxygens (including phenoxy) is 3. The first-order chi connectivity index (χ1) is 28.0. The van der Waals surface area contributed by atoms with Gasteiger partial charge in [-0.15, -0.1) is 0 Å². The molecule has 1 atom stereocenters. The minimum Gasteiger partial charge on any atom is -0.462 e. The largest absolute Gasteiger partial charge is 0.462 e. The summed E-state index contributed by atoms with van der Waals surface area (Å²) < 4.78 is 16.7. The van der Waals surface area contributed by atoms with Crippen molar-refractivity contribution in [3.8, 4) is 0 Å². The lowest BCUT2D eigenvalue weighted by Gasteiger charge is -2.18. The minimum absolute atomic E-state index is 0.0625. The molecule has 0 heterocycles. The molecule has 0 radical (unpaired) electrons. The van der Waals surface area contributed by atoms with Gasteiger partial charge in [-0.25, -0.2) is 0 Å².